The van der Waals surface area contributed by atoms with E-state index in [0.717, 1.165) is 12.1 Å². The molecule has 0 aliphatic heterocycles. The van der Waals surface area contributed by atoms with Gasteiger partial charge in [-0.25, -0.2) is 0 Å². The van der Waals surface area contributed by atoms with Crippen LogP contribution in [0.2, 0.25) is 0 Å². The van der Waals surface area contributed by atoms with Crippen LogP contribution in [0.3, 0.4) is 0 Å². The molecule has 1 heterocycles. The molecular formula is C21H23N3O. The van der Waals surface area contributed by atoms with E-state index in [9.17, 15) is 4.79 Å². The maximum absolute atomic E-state index is 12.6. The topological polar surface area (TPSA) is 38.1 Å². The number of hydrogen-bond donors (Lipinski definition) is 0. The lowest BCUT2D eigenvalue weighted by Gasteiger charge is -2.25. The van der Waals surface area contributed by atoms with E-state index in [2.05, 4.69) is 41.5 Å². The molecule has 0 fully saturated rings. The van der Waals surface area contributed by atoms with Crippen molar-refractivity contribution >= 4 is 5.91 Å². The van der Waals surface area contributed by atoms with Gasteiger partial charge in [0.05, 0.1) is 17.8 Å². The van der Waals surface area contributed by atoms with Crippen molar-refractivity contribution in [2.75, 3.05) is 7.05 Å². The zero-order valence-corrected chi connectivity index (χ0v) is 14.9. The Kier molecular flexibility index (Phi) is 4.98. The van der Waals surface area contributed by atoms with Crippen molar-refractivity contribution in [1.29, 1.82) is 0 Å². The van der Waals surface area contributed by atoms with Gasteiger partial charge in [-0.15, -0.1) is 0 Å². The number of nitrogens with zero attached hydrogens (tertiary/aromatic N) is 3. The first-order chi connectivity index (χ1) is 12.1. The average Bonchev–Trinajstić information content (AvgIpc) is 3.16. The SMILES string of the molecule is CCn1cc(C(=O)N(C)[C@@H](C)c2ccc(-c3ccccc3)cc2)cn1. The van der Waals surface area contributed by atoms with Crippen LogP contribution in [-0.4, -0.2) is 27.6 Å². The highest BCUT2D eigenvalue weighted by atomic mass is 16.2. The van der Waals surface area contributed by atoms with Gasteiger partial charge < -0.3 is 4.90 Å². The van der Waals surface area contributed by atoms with Crippen molar-refractivity contribution < 1.29 is 4.79 Å². The predicted octanol–water partition coefficient (Wildman–Crippen LogP) is 4.40. The van der Waals surface area contributed by atoms with E-state index in [1.54, 1.807) is 22.0 Å². The Hall–Kier alpha value is -2.88. The van der Waals surface area contributed by atoms with Crippen molar-refractivity contribution in [3.8, 4) is 11.1 Å². The summed E-state index contributed by atoms with van der Waals surface area (Å²) in [6, 6.07) is 18.7. The summed E-state index contributed by atoms with van der Waals surface area (Å²) < 4.78 is 1.76. The number of aryl methyl sites for hydroxylation is 1. The first-order valence-electron chi connectivity index (χ1n) is 8.55. The minimum absolute atomic E-state index is 0.0118. The molecule has 0 unspecified atom stereocenters. The minimum Gasteiger partial charge on any atom is -0.335 e. The molecule has 2 aromatic carbocycles. The molecule has 4 nitrogen and oxygen atoms in total. The number of carbonyl (C=O) groups excluding carboxylic acids is 1. The summed E-state index contributed by atoms with van der Waals surface area (Å²) in [7, 11) is 1.83. The number of amides is 1. The van der Waals surface area contributed by atoms with Crippen molar-refractivity contribution in [3.05, 3.63) is 78.1 Å². The number of benzene rings is 2. The van der Waals surface area contributed by atoms with Crippen LogP contribution in [0, 0.1) is 0 Å². The molecule has 0 saturated heterocycles. The van der Waals surface area contributed by atoms with Crippen LogP contribution in [0.5, 0.6) is 0 Å². The van der Waals surface area contributed by atoms with Crippen LogP contribution >= 0.6 is 0 Å². The number of rotatable bonds is 5. The van der Waals surface area contributed by atoms with Crippen molar-refractivity contribution in [1.82, 2.24) is 14.7 Å². The number of aromatic nitrogens is 2. The standard InChI is InChI=1S/C21H23N3O/c1-4-24-15-20(14-22-24)21(25)23(3)16(2)17-10-12-19(13-11-17)18-8-6-5-7-9-18/h5-16H,4H2,1-3H3/t16-/m0/s1. The average molecular weight is 333 g/mol. The fraction of sp³-hybridized carbons (Fsp3) is 0.238. The molecule has 1 atom stereocenters. The van der Waals surface area contributed by atoms with Gasteiger partial charge in [-0.1, -0.05) is 54.6 Å². The van der Waals surface area contributed by atoms with Gasteiger partial charge in [0, 0.05) is 19.8 Å². The van der Waals surface area contributed by atoms with Crippen molar-refractivity contribution in [2.24, 2.45) is 0 Å². The van der Waals surface area contributed by atoms with Crippen LogP contribution in [0.15, 0.2) is 67.0 Å². The molecule has 0 radical (unpaired) electrons. The van der Waals surface area contributed by atoms with Gasteiger partial charge in [-0.3, -0.25) is 9.48 Å². The Morgan fingerprint density at radius 3 is 2.32 bits per heavy atom. The van der Waals surface area contributed by atoms with E-state index < -0.39 is 0 Å². The van der Waals surface area contributed by atoms with Crippen LogP contribution in [0.4, 0.5) is 0 Å². The molecule has 0 N–H and O–H groups in total. The summed E-state index contributed by atoms with van der Waals surface area (Å²) in [4.78, 5) is 14.4. The van der Waals surface area contributed by atoms with Crippen LogP contribution in [0.1, 0.15) is 35.8 Å². The third kappa shape index (κ3) is 3.63. The lowest BCUT2D eigenvalue weighted by atomic mass is 10.0. The highest BCUT2D eigenvalue weighted by Gasteiger charge is 2.20. The monoisotopic (exact) mass is 333 g/mol. The largest absolute Gasteiger partial charge is 0.335 e. The molecule has 1 amide bonds. The smallest absolute Gasteiger partial charge is 0.257 e. The van der Waals surface area contributed by atoms with Crippen molar-refractivity contribution in [3.63, 3.8) is 0 Å². The molecular weight excluding hydrogens is 310 g/mol. The predicted molar refractivity (Wildman–Crippen MR) is 100 cm³/mol. The van der Waals surface area contributed by atoms with E-state index in [-0.39, 0.29) is 11.9 Å². The van der Waals surface area contributed by atoms with Crippen LogP contribution in [0.25, 0.3) is 11.1 Å². The van der Waals surface area contributed by atoms with Crippen molar-refractivity contribution in [2.45, 2.75) is 26.4 Å². The van der Waals surface area contributed by atoms with E-state index in [4.69, 9.17) is 0 Å². The molecule has 25 heavy (non-hydrogen) atoms. The zero-order chi connectivity index (χ0) is 17.8. The van der Waals surface area contributed by atoms with Crippen LogP contribution in [-0.2, 0) is 6.54 Å². The molecule has 3 rings (SSSR count). The minimum atomic E-state index is -0.0145. The fourth-order valence-corrected chi connectivity index (χ4v) is 2.83. The van der Waals surface area contributed by atoms with E-state index in [1.807, 2.05) is 39.1 Å². The Morgan fingerprint density at radius 2 is 1.72 bits per heavy atom. The van der Waals surface area contributed by atoms with Gasteiger partial charge in [-0.2, -0.15) is 5.10 Å². The molecule has 0 saturated carbocycles. The summed E-state index contributed by atoms with van der Waals surface area (Å²) in [5, 5.41) is 4.18. The molecule has 0 bridgehead atoms. The van der Waals surface area contributed by atoms with Gasteiger partial charge in [0.1, 0.15) is 0 Å². The molecule has 1 aromatic heterocycles. The third-order valence-corrected chi connectivity index (χ3v) is 4.61. The fourth-order valence-electron chi connectivity index (χ4n) is 2.83. The summed E-state index contributed by atoms with van der Waals surface area (Å²) in [5.41, 5.74) is 4.10. The van der Waals surface area contributed by atoms with E-state index in [1.165, 1.54) is 11.1 Å². The molecule has 128 valence electrons. The Morgan fingerprint density at radius 1 is 1.08 bits per heavy atom. The summed E-state index contributed by atoms with van der Waals surface area (Å²) in [6.07, 6.45) is 3.43. The second-order valence-corrected chi connectivity index (χ2v) is 6.16. The maximum Gasteiger partial charge on any atom is 0.257 e. The van der Waals surface area contributed by atoms with E-state index >= 15 is 0 Å². The van der Waals surface area contributed by atoms with Gasteiger partial charge in [-0.05, 0) is 30.5 Å². The Bertz CT molecular complexity index is 837. The Balaban J connectivity index is 1.75. The van der Waals surface area contributed by atoms with Gasteiger partial charge in [0.15, 0.2) is 0 Å². The van der Waals surface area contributed by atoms with Crippen LogP contribution < -0.4 is 0 Å². The molecule has 4 heteroatoms. The van der Waals surface area contributed by atoms with Gasteiger partial charge >= 0.3 is 0 Å². The normalized spacial score (nSPS) is 12.0. The second kappa shape index (κ2) is 7.34. The summed E-state index contributed by atoms with van der Waals surface area (Å²) in [5.74, 6) is -0.0145. The number of hydrogen-bond acceptors (Lipinski definition) is 2. The summed E-state index contributed by atoms with van der Waals surface area (Å²) in [6.45, 7) is 4.80. The zero-order valence-electron chi connectivity index (χ0n) is 14.9. The first kappa shape index (κ1) is 17.0. The van der Waals surface area contributed by atoms with Gasteiger partial charge in [0.2, 0.25) is 0 Å². The maximum atomic E-state index is 12.6. The first-order valence-corrected chi connectivity index (χ1v) is 8.55. The molecule has 0 aliphatic carbocycles. The molecule has 0 aliphatic rings. The van der Waals surface area contributed by atoms with E-state index in [0.29, 0.717) is 5.56 Å². The van der Waals surface area contributed by atoms with Gasteiger partial charge in [0.25, 0.3) is 5.91 Å². The highest BCUT2D eigenvalue weighted by Crippen LogP contribution is 2.25. The molecule has 0 spiro atoms. The summed E-state index contributed by atoms with van der Waals surface area (Å²) >= 11 is 0. The third-order valence-electron chi connectivity index (χ3n) is 4.61. The quantitative estimate of drug-likeness (QED) is 0.694. The lowest BCUT2D eigenvalue weighted by molar-refractivity contribution is 0.0742. The number of carbonyl (C=O) groups is 1. The Labute approximate surface area is 148 Å². The lowest BCUT2D eigenvalue weighted by Crippen LogP contribution is -2.29. The highest BCUT2D eigenvalue weighted by molar-refractivity contribution is 5.93. The second-order valence-electron chi connectivity index (χ2n) is 6.16. The molecule has 3 aromatic rings.